The second kappa shape index (κ2) is 5.05. The van der Waals surface area contributed by atoms with Crippen molar-refractivity contribution < 1.29 is 13.2 Å². The average molecular weight is 288 g/mol. The van der Waals surface area contributed by atoms with Gasteiger partial charge in [-0.2, -0.15) is 13.2 Å². The Kier molecular flexibility index (Phi) is 3.61. The predicted octanol–water partition coefficient (Wildman–Crippen LogP) is 4.20. The summed E-state index contributed by atoms with van der Waals surface area (Å²) in [6.45, 7) is 1.41. The van der Waals surface area contributed by atoms with Gasteiger partial charge < -0.3 is 5.32 Å². The average Bonchev–Trinajstić information content (AvgIpc) is 2.33. The lowest BCUT2D eigenvalue weighted by molar-refractivity contribution is -0.138. The highest BCUT2D eigenvalue weighted by molar-refractivity contribution is 6.30. The van der Waals surface area contributed by atoms with E-state index in [0.29, 0.717) is 5.02 Å². The number of hydrogen-bond acceptors (Lipinski definition) is 3. The van der Waals surface area contributed by atoms with E-state index in [-0.39, 0.29) is 17.2 Å². The molecule has 0 fully saturated rings. The highest BCUT2D eigenvalue weighted by atomic mass is 35.5. The number of hydrogen-bond donors (Lipinski definition) is 1. The number of nitrogens with zero attached hydrogens (tertiary/aromatic N) is 2. The zero-order chi connectivity index (χ0) is 14.0. The van der Waals surface area contributed by atoms with Crippen LogP contribution < -0.4 is 5.32 Å². The Morgan fingerprint density at radius 1 is 1.16 bits per heavy atom. The van der Waals surface area contributed by atoms with Gasteiger partial charge in [0.1, 0.15) is 0 Å². The van der Waals surface area contributed by atoms with E-state index in [4.69, 9.17) is 11.6 Å². The van der Waals surface area contributed by atoms with Crippen LogP contribution in [0.5, 0.6) is 0 Å². The quantitative estimate of drug-likeness (QED) is 0.899. The van der Waals surface area contributed by atoms with E-state index in [1.165, 1.54) is 31.5 Å². The first-order valence-corrected chi connectivity index (χ1v) is 5.66. The van der Waals surface area contributed by atoms with Crippen molar-refractivity contribution in [2.45, 2.75) is 13.1 Å². The van der Waals surface area contributed by atoms with E-state index in [9.17, 15) is 13.2 Å². The lowest BCUT2D eigenvalue weighted by atomic mass is 10.1. The predicted molar refractivity (Wildman–Crippen MR) is 66.5 cm³/mol. The zero-order valence-electron chi connectivity index (χ0n) is 9.79. The van der Waals surface area contributed by atoms with Crippen LogP contribution in [-0.2, 0) is 6.18 Å². The van der Waals surface area contributed by atoms with Crippen molar-refractivity contribution in [1.82, 2.24) is 9.97 Å². The number of nitrogens with one attached hydrogen (secondary N) is 1. The molecule has 0 aliphatic heterocycles. The summed E-state index contributed by atoms with van der Waals surface area (Å²) in [5, 5.41) is 3.04. The summed E-state index contributed by atoms with van der Waals surface area (Å²) in [6, 6.07) is 3.94. The fourth-order valence-corrected chi connectivity index (χ4v) is 1.61. The standard InChI is InChI=1S/C12H9ClF3N3/c1-7-2-3-9(4-10(7)12(14,15)16)19-11-17-5-8(13)6-18-11/h2-6H,1H3,(H,17,18,19). The van der Waals surface area contributed by atoms with Gasteiger partial charge in [-0.1, -0.05) is 17.7 Å². The third-order valence-electron chi connectivity index (χ3n) is 2.42. The fourth-order valence-electron chi connectivity index (χ4n) is 1.51. The first-order chi connectivity index (χ1) is 8.86. The van der Waals surface area contributed by atoms with Crippen LogP contribution in [0, 0.1) is 6.92 Å². The molecule has 0 saturated carbocycles. The number of anilines is 2. The van der Waals surface area contributed by atoms with Gasteiger partial charge >= 0.3 is 6.18 Å². The molecule has 0 radical (unpaired) electrons. The van der Waals surface area contributed by atoms with Crippen LogP contribution in [0.25, 0.3) is 0 Å². The van der Waals surface area contributed by atoms with E-state index < -0.39 is 11.7 Å². The molecule has 1 aromatic heterocycles. The number of aromatic nitrogens is 2. The minimum Gasteiger partial charge on any atom is -0.324 e. The van der Waals surface area contributed by atoms with Gasteiger partial charge in [0.05, 0.1) is 23.0 Å². The number of benzene rings is 1. The molecule has 0 atom stereocenters. The minimum absolute atomic E-state index is 0.162. The molecule has 0 bridgehead atoms. The molecule has 0 spiro atoms. The monoisotopic (exact) mass is 287 g/mol. The molecule has 100 valence electrons. The molecule has 19 heavy (non-hydrogen) atoms. The molecule has 0 aliphatic rings. The first kappa shape index (κ1) is 13.6. The van der Waals surface area contributed by atoms with Gasteiger partial charge in [-0.25, -0.2) is 9.97 Å². The summed E-state index contributed by atoms with van der Waals surface area (Å²) in [4.78, 5) is 7.70. The third-order valence-corrected chi connectivity index (χ3v) is 2.61. The SMILES string of the molecule is Cc1ccc(Nc2ncc(Cl)cn2)cc1C(F)(F)F. The first-order valence-electron chi connectivity index (χ1n) is 5.28. The lowest BCUT2D eigenvalue weighted by Crippen LogP contribution is -2.08. The van der Waals surface area contributed by atoms with Gasteiger partial charge in [0.2, 0.25) is 5.95 Å². The maximum absolute atomic E-state index is 12.7. The van der Waals surface area contributed by atoms with Crippen LogP contribution in [0.4, 0.5) is 24.8 Å². The molecule has 0 aliphatic carbocycles. The van der Waals surface area contributed by atoms with Crippen LogP contribution in [0.15, 0.2) is 30.6 Å². The lowest BCUT2D eigenvalue weighted by Gasteiger charge is -2.12. The number of rotatable bonds is 2. The van der Waals surface area contributed by atoms with E-state index in [1.807, 2.05) is 0 Å². The molecule has 0 unspecified atom stereocenters. The van der Waals surface area contributed by atoms with Gasteiger partial charge in [0.25, 0.3) is 0 Å². The largest absolute Gasteiger partial charge is 0.416 e. The molecule has 1 aromatic carbocycles. The van der Waals surface area contributed by atoms with Crippen molar-refractivity contribution in [2.75, 3.05) is 5.32 Å². The van der Waals surface area contributed by atoms with Crippen molar-refractivity contribution in [3.63, 3.8) is 0 Å². The Morgan fingerprint density at radius 3 is 2.37 bits per heavy atom. The highest BCUT2D eigenvalue weighted by Crippen LogP contribution is 2.33. The van der Waals surface area contributed by atoms with Crippen molar-refractivity contribution >= 4 is 23.2 Å². The normalized spacial score (nSPS) is 11.4. The summed E-state index contributed by atoms with van der Waals surface area (Å²) in [5.74, 6) is 0.182. The van der Waals surface area contributed by atoms with Crippen molar-refractivity contribution in [3.8, 4) is 0 Å². The minimum atomic E-state index is -4.39. The third kappa shape index (κ3) is 3.35. The van der Waals surface area contributed by atoms with Crippen LogP contribution in [0.2, 0.25) is 5.02 Å². The second-order valence-electron chi connectivity index (χ2n) is 3.88. The fraction of sp³-hybridized carbons (Fsp3) is 0.167. The molecule has 1 N–H and O–H groups in total. The summed E-state index contributed by atoms with van der Waals surface area (Å²) >= 11 is 5.62. The van der Waals surface area contributed by atoms with Gasteiger partial charge in [-0.15, -0.1) is 0 Å². The van der Waals surface area contributed by atoms with Crippen molar-refractivity contribution in [2.24, 2.45) is 0 Å². The number of alkyl halides is 3. The summed E-state index contributed by atoms with van der Waals surface area (Å²) in [6.07, 6.45) is -1.67. The Morgan fingerprint density at radius 2 is 1.79 bits per heavy atom. The van der Waals surface area contributed by atoms with E-state index in [1.54, 1.807) is 0 Å². The molecular formula is C12H9ClF3N3. The molecule has 0 amide bonds. The topological polar surface area (TPSA) is 37.8 Å². The Labute approximate surface area is 112 Å². The maximum atomic E-state index is 12.7. The molecular weight excluding hydrogens is 279 g/mol. The van der Waals surface area contributed by atoms with Gasteiger partial charge in [0, 0.05) is 5.69 Å². The van der Waals surface area contributed by atoms with Gasteiger partial charge in [-0.3, -0.25) is 0 Å². The highest BCUT2D eigenvalue weighted by Gasteiger charge is 2.32. The molecule has 2 aromatic rings. The maximum Gasteiger partial charge on any atom is 0.416 e. The molecule has 2 rings (SSSR count). The molecule has 7 heteroatoms. The van der Waals surface area contributed by atoms with E-state index in [0.717, 1.165) is 6.07 Å². The summed E-state index contributed by atoms with van der Waals surface area (Å²) in [7, 11) is 0. The van der Waals surface area contributed by atoms with Crippen molar-refractivity contribution in [3.05, 3.63) is 46.7 Å². The summed E-state index contributed by atoms with van der Waals surface area (Å²) in [5.41, 5.74) is -0.262. The van der Waals surface area contributed by atoms with Gasteiger partial charge in [-0.05, 0) is 24.6 Å². The number of aryl methyl sites for hydroxylation is 1. The smallest absolute Gasteiger partial charge is 0.324 e. The van der Waals surface area contributed by atoms with Crippen LogP contribution in [0.1, 0.15) is 11.1 Å². The van der Waals surface area contributed by atoms with Gasteiger partial charge in [0.15, 0.2) is 0 Å². The van der Waals surface area contributed by atoms with Crippen LogP contribution in [-0.4, -0.2) is 9.97 Å². The Hall–Kier alpha value is -1.82. The van der Waals surface area contributed by atoms with Crippen molar-refractivity contribution in [1.29, 1.82) is 0 Å². The Balaban J connectivity index is 2.29. The van der Waals surface area contributed by atoms with Crippen LogP contribution in [0.3, 0.4) is 0 Å². The molecule has 0 saturated heterocycles. The zero-order valence-corrected chi connectivity index (χ0v) is 10.5. The van der Waals surface area contributed by atoms with E-state index >= 15 is 0 Å². The number of halogens is 4. The van der Waals surface area contributed by atoms with E-state index in [2.05, 4.69) is 15.3 Å². The molecule has 3 nitrogen and oxygen atoms in total. The second-order valence-corrected chi connectivity index (χ2v) is 4.31. The Bertz CT molecular complexity index is 582. The van der Waals surface area contributed by atoms with Crippen LogP contribution >= 0.6 is 11.6 Å². The molecule has 1 heterocycles. The summed E-state index contributed by atoms with van der Waals surface area (Å²) < 4.78 is 38.2.